The molecule has 1 aliphatic carbocycles. The van der Waals surface area contributed by atoms with E-state index in [4.69, 9.17) is 5.73 Å². The average Bonchev–Trinajstić information content (AvgIpc) is 2.99. The third-order valence-electron chi connectivity index (χ3n) is 3.55. The van der Waals surface area contributed by atoms with Gasteiger partial charge in [-0.3, -0.25) is 9.58 Å². The summed E-state index contributed by atoms with van der Waals surface area (Å²) in [4.78, 5) is 2.50. The van der Waals surface area contributed by atoms with Crippen LogP contribution < -0.4 is 5.73 Å². The van der Waals surface area contributed by atoms with Crippen molar-refractivity contribution in [3.8, 4) is 0 Å². The Morgan fingerprint density at radius 3 is 2.71 bits per heavy atom. The van der Waals surface area contributed by atoms with Crippen molar-refractivity contribution in [3.63, 3.8) is 0 Å². The molecule has 4 nitrogen and oxygen atoms in total. The lowest BCUT2D eigenvalue weighted by atomic mass is 10.0. The second-order valence-electron chi connectivity index (χ2n) is 5.28. The fraction of sp³-hybridized carbons (Fsp3) is 0.769. The Kier molecular flexibility index (Phi) is 3.84. The first-order valence-electron chi connectivity index (χ1n) is 6.60. The molecule has 0 aromatic carbocycles. The SMILES string of the molecule is CCN(CC1CC1)C(c1cnn(C)c1)C(C)N. The lowest BCUT2D eigenvalue weighted by Crippen LogP contribution is -2.40. The van der Waals surface area contributed by atoms with Crippen LogP contribution in [0.15, 0.2) is 12.4 Å². The van der Waals surface area contributed by atoms with Gasteiger partial charge in [-0.25, -0.2) is 0 Å². The summed E-state index contributed by atoms with van der Waals surface area (Å²) in [5.41, 5.74) is 7.41. The highest BCUT2D eigenvalue weighted by Gasteiger charge is 2.30. The van der Waals surface area contributed by atoms with Crippen LogP contribution in [-0.2, 0) is 7.05 Å². The van der Waals surface area contributed by atoms with Crippen LogP contribution >= 0.6 is 0 Å². The minimum Gasteiger partial charge on any atom is -0.326 e. The molecule has 0 radical (unpaired) electrons. The van der Waals surface area contributed by atoms with Gasteiger partial charge in [0.2, 0.25) is 0 Å². The van der Waals surface area contributed by atoms with Crippen molar-refractivity contribution in [1.82, 2.24) is 14.7 Å². The van der Waals surface area contributed by atoms with Crippen molar-refractivity contribution in [1.29, 1.82) is 0 Å². The van der Waals surface area contributed by atoms with Crippen molar-refractivity contribution in [2.45, 2.75) is 38.8 Å². The molecule has 2 N–H and O–H groups in total. The number of nitrogens with zero attached hydrogens (tertiary/aromatic N) is 3. The van der Waals surface area contributed by atoms with E-state index in [1.807, 2.05) is 17.9 Å². The predicted molar refractivity (Wildman–Crippen MR) is 69.6 cm³/mol. The average molecular weight is 236 g/mol. The van der Waals surface area contributed by atoms with Crippen molar-refractivity contribution in [2.24, 2.45) is 18.7 Å². The zero-order chi connectivity index (χ0) is 12.4. The van der Waals surface area contributed by atoms with Crippen LogP contribution in [0.5, 0.6) is 0 Å². The summed E-state index contributed by atoms with van der Waals surface area (Å²) in [6.07, 6.45) is 6.80. The number of hydrogen-bond donors (Lipinski definition) is 1. The van der Waals surface area contributed by atoms with Gasteiger partial charge in [0.15, 0.2) is 0 Å². The van der Waals surface area contributed by atoms with Gasteiger partial charge in [-0.2, -0.15) is 5.10 Å². The fourth-order valence-electron chi connectivity index (χ4n) is 2.51. The number of likely N-dealkylation sites (N-methyl/N-ethyl adjacent to an activating group) is 1. The van der Waals surface area contributed by atoms with E-state index < -0.39 is 0 Å². The van der Waals surface area contributed by atoms with Crippen LogP contribution in [0, 0.1) is 5.92 Å². The fourth-order valence-corrected chi connectivity index (χ4v) is 2.51. The first-order valence-corrected chi connectivity index (χ1v) is 6.60. The topological polar surface area (TPSA) is 47.1 Å². The zero-order valence-electron chi connectivity index (χ0n) is 11.1. The van der Waals surface area contributed by atoms with Crippen LogP contribution in [0.3, 0.4) is 0 Å². The Labute approximate surface area is 104 Å². The molecule has 0 amide bonds. The van der Waals surface area contributed by atoms with Crippen molar-refractivity contribution in [3.05, 3.63) is 18.0 Å². The molecular weight excluding hydrogens is 212 g/mol. The summed E-state index contributed by atoms with van der Waals surface area (Å²) < 4.78 is 1.86. The molecule has 17 heavy (non-hydrogen) atoms. The first-order chi connectivity index (χ1) is 8.11. The molecule has 96 valence electrons. The van der Waals surface area contributed by atoms with Crippen LogP contribution in [0.1, 0.15) is 38.3 Å². The molecule has 0 aliphatic heterocycles. The van der Waals surface area contributed by atoms with Gasteiger partial charge in [-0.05, 0) is 32.2 Å². The summed E-state index contributed by atoms with van der Waals surface area (Å²) in [6, 6.07) is 0.437. The van der Waals surface area contributed by atoms with Crippen LogP contribution in [-0.4, -0.2) is 33.8 Å². The molecule has 1 saturated carbocycles. The van der Waals surface area contributed by atoms with Gasteiger partial charge < -0.3 is 5.73 Å². The Morgan fingerprint density at radius 2 is 2.29 bits per heavy atom. The van der Waals surface area contributed by atoms with E-state index in [2.05, 4.69) is 30.0 Å². The number of hydrogen-bond acceptors (Lipinski definition) is 3. The molecule has 1 fully saturated rings. The summed E-state index contributed by atoms with van der Waals surface area (Å²) >= 11 is 0. The molecule has 4 heteroatoms. The maximum Gasteiger partial charge on any atom is 0.0538 e. The summed E-state index contributed by atoms with van der Waals surface area (Å²) in [6.45, 7) is 6.54. The molecule has 0 spiro atoms. The van der Waals surface area contributed by atoms with E-state index >= 15 is 0 Å². The highest BCUT2D eigenvalue weighted by Crippen LogP contribution is 2.33. The van der Waals surface area contributed by atoms with E-state index in [1.165, 1.54) is 24.9 Å². The molecule has 1 aliphatic rings. The van der Waals surface area contributed by atoms with Gasteiger partial charge in [-0.1, -0.05) is 6.92 Å². The lowest BCUT2D eigenvalue weighted by molar-refractivity contribution is 0.178. The third-order valence-corrected chi connectivity index (χ3v) is 3.55. The lowest BCUT2D eigenvalue weighted by Gasteiger charge is -2.32. The number of aryl methyl sites for hydroxylation is 1. The minimum atomic E-state index is 0.137. The predicted octanol–water partition coefficient (Wildman–Crippen LogP) is 1.54. The van der Waals surface area contributed by atoms with Gasteiger partial charge in [0.1, 0.15) is 0 Å². The van der Waals surface area contributed by atoms with Crippen molar-refractivity contribution >= 4 is 0 Å². The highest BCUT2D eigenvalue weighted by molar-refractivity contribution is 5.13. The third kappa shape index (κ3) is 3.07. The number of aromatic nitrogens is 2. The molecule has 1 heterocycles. The van der Waals surface area contributed by atoms with E-state index in [0.29, 0.717) is 6.04 Å². The van der Waals surface area contributed by atoms with Crippen molar-refractivity contribution < 1.29 is 0 Å². The maximum absolute atomic E-state index is 6.17. The normalized spacial score (nSPS) is 19.6. The molecular formula is C13H24N4. The van der Waals surface area contributed by atoms with E-state index in [1.54, 1.807) is 0 Å². The molecule has 2 unspecified atom stereocenters. The van der Waals surface area contributed by atoms with Gasteiger partial charge in [-0.15, -0.1) is 0 Å². The standard InChI is InChI=1S/C13H24N4/c1-4-17(8-11-5-6-11)13(10(2)14)12-7-15-16(3)9-12/h7,9-11,13H,4-6,8,14H2,1-3H3. The van der Waals surface area contributed by atoms with Gasteiger partial charge in [0.05, 0.1) is 12.2 Å². The first kappa shape index (κ1) is 12.6. The number of nitrogens with two attached hydrogens (primary N) is 1. The van der Waals surface area contributed by atoms with Crippen LogP contribution in [0.25, 0.3) is 0 Å². The summed E-state index contributed by atoms with van der Waals surface area (Å²) in [5, 5.41) is 4.27. The molecule has 1 aromatic heterocycles. The largest absolute Gasteiger partial charge is 0.326 e. The molecule has 0 saturated heterocycles. The van der Waals surface area contributed by atoms with Crippen molar-refractivity contribution in [2.75, 3.05) is 13.1 Å². The zero-order valence-corrected chi connectivity index (χ0v) is 11.1. The number of rotatable bonds is 6. The molecule has 2 atom stereocenters. The second-order valence-corrected chi connectivity index (χ2v) is 5.28. The Balaban J connectivity index is 2.13. The quantitative estimate of drug-likeness (QED) is 0.815. The second kappa shape index (κ2) is 5.19. The Hall–Kier alpha value is -0.870. The summed E-state index contributed by atoms with van der Waals surface area (Å²) in [5.74, 6) is 0.896. The smallest absolute Gasteiger partial charge is 0.0538 e. The Bertz CT molecular complexity index is 354. The van der Waals surface area contributed by atoms with Gasteiger partial charge in [0, 0.05) is 31.4 Å². The maximum atomic E-state index is 6.17. The monoisotopic (exact) mass is 236 g/mol. The highest BCUT2D eigenvalue weighted by atomic mass is 15.3. The minimum absolute atomic E-state index is 0.137. The Morgan fingerprint density at radius 1 is 1.59 bits per heavy atom. The van der Waals surface area contributed by atoms with Gasteiger partial charge in [0.25, 0.3) is 0 Å². The van der Waals surface area contributed by atoms with E-state index in [0.717, 1.165) is 12.5 Å². The molecule has 1 aromatic rings. The van der Waals surface area contributed by atoms with Crippen LogP contribution in [0.2, 0.25) is 0 Å². The molecule has 0 bridgehead atoms. The van der Waals surface area contributed by atoms with E-state index in [9.17, 15) is 0 Å². The van der Waals surface area contributed by atoms with E-state index in [-0.39, 0.29) is 6.04 Å². The van der Waals surface area contributed by atoms with Gasteiger partial charge >= 0.3 is 0 Å². The van der Waals surface area contributed by atoms with Crippen LogP contribution in [0.4, 0.5) is 0 Å². The summed E-state index contributed by atoms with van der Waals surface area (Å²) in [7, 11) is 1.96. The molecule has 2 rings (SSSR count).